The third-order valence-corrected chi connectivity index (χ3v) is 8.97. The van der Waals surface area contributed by atoms with Crippen molar-refractivity contribution in [1.82, 2.24) is 4.57 Å². The van der Waals surface area contributed by atoms with Crippen molar-refractivity contribution in [2.24, 2.45) is 4.99 Å². The van der Waals surface area contributed by atoms with Gasteiger partial charge in [0.15, 0.2) is 4.80 Å². The Hall–Kier alpha value is -4.76. The summed E-state index contributed by atoms with van der Waals surface area (Å²) in [5.74, 6) is 0. The number of allylic oxidation sites excluding steroid dienone is 2. The van der Waals surface area contributed by atoms with Crippen LogP contribution in [0.1, 0.15) is 42.0 Å². The fraction of sp³-hybridized carbons (Fsp3) is 0.235. The smallest absolute Gasteiger partial charge is 0.271 e. The zero-order valence-electron chi connectivity index (χ0n) is 24.7. The largest absolute Gasteiger partial charge is 0.378 e. The van der Waals surface area contributed by atoms with Crippen molar-refractivity contribution >= 4 is 40.6 Å². The minimum absolute atomic E-state index is 0.00996. The quantitative estimate of drug-likeness (QED) is 0.218. The average molecular weight is 592 g/mol. The summed E-state index contributed by atoms with van der Waals surface area (Å²) in [5.41, 5.74) is 8.12. The summed E-state index contributed by atoms with van der Waals surface area (Å²) in [4.78, 5) is 34.9. The molecule has 1 aliphatic heterocycles. The molecule has 4 aromatic rings. The van der Waals surface area contributed by atoms with Gasteiger partial charge in [0, 0.05) is 51.7 Å². The molecule has 0 amide bonds. The Morgan fingerprint density at radius 1 is 0.907 bits per heavy atom. The predicted molar refractivity (Wildman–Crippen MR) is 175 cm³/mol. The maximum Gasteiger partial charge on any atom is 0.271 e. The number of rotatable bonds is 6. The third kappa shape index (κ3) is 5.56. The Morgan fingerprint density at radius 3 is 2.23 bits per heavy atom. The highest BCUT2D eigenvalue weighted by atomic mass is 32.1. The molecular formula is C34H33N5O3S. The Bertz CT molecular complexity index is 1950. The van der Waals surface area contributed by atoms with Gasteiger partial charge < -0.3 is 9.80 Å². The number of hydrogen-bond acceptors (Lipinski definition) is 7. The lowest BCUT2D eigenvalue weighted by atomic mass is 9.83. The predicted octanol–water partition coefficient (Wildman–Crippen LogP) is 5.52. The first kappa shape index (κ1) is 28.4. The maximum absolute atomic E-state index is 14.0. The van der Waals surface area contributed by atoms with E-state index in [-0.39, 0.29) is 17.3 Å². The molecule has 0 bridgehead atoms. The number of aromatic nitrogens is 1. The van der Waals surface area contributed by atoms with Crippen LogP contribution >= 0.6 is 11.3 Å². The van der Waals surface area contributed by atoms with Gasteiger partial charge in [-0.2, -0.15) is 0 Å². The lowest BCUT2D eigenvalue weighted by Gasteiger charge is -2.31. The Kier molecular flexibility index (Phi) is 7.58. The number of nitro groups is 1. The van der Waals surface area contributed by atoms with Gasteiger partial charge in [0.05, 0.1) is 21.2 Å². The van der Waals surface area contributed by atoms with Gasteiger partial charge >= 0.3 is 0 Å². The van der Waals surface area contributed by atoms with Crippen LogP contribution in [-0.4, -0.2) is 37.7 Å². The summed E-state index contributed by atoms with van der Waals surface area (Å²) in [6.45, 7) is 0. The summed E-state index contributed by atoms with van der Waals surface area (Å²) in [7, 11) is 8.08. The minimum atomic E-state index is -0.424. The molecule has 3 aromatic carbocycles. The summed E-state index contributed by atoms with van der Waals surface area (Å²) >= 11 is 1.33. The number of anilines is 2. The first-order valence-electron chi connectivity index (χ1n) is 14.2. The van der Waals surface area contributed by atoms with Crippen molar-refractivity contribution in [3.63, 3.8) is 0 Å². The number of nitrogens with zero attached hydrogens (tertiary/aromatic N) is 5. The van der Waals surface area contributed by atoms with E-state index in [9.17, 15) is 14.9 Å². The van der Waals surface area contributed by atoms with E-state index in [1.807, 2.05) is 32.8 Å². The van der Waals surface area contributed by atoms with E-state index in [0.29, 0.717) is 14.9 Å². The fourth-order valence-corrected chi connectivity index (χ4v) is 6.76. The highest BCUT2D eigenvalue weighted by Gasteiger charge is 2.32. The van der Waals surface area contributed by atoms with Crippen LogP contribution in [0.25, 0.3) is 12.2 Å². The molecule has 1 aliphatic carbocycles. The van der Waals surface area contributed by atoms with Crippen LogP contribution in [0.4, 0.5) is 17.1 Å². The van der Waals surface area contributed by atoms with Crippen molar-refractivity contribution in [3.05, 3.63) is 136 Å². The molecule has 9 heteroatoms. The molecule has 2 heterocycles. The summed E-state index contributed by atoms with van der Waals surface area (Å²) in [5, 5.41) is 11.3. The van der Waals surface area contributed by atoms with Crippen LogP contribution in [0.2, 0.25) is 0 Å². The van der Waals surface area contributed by atoms with E-state index >= 15 is 0 Å². The van der Waals surface area contributed by atoms with E-state index in [1.54, 1.807) is 18.2 Å². The summed E-state index contributed by atoms with van der Waals surface area (Å²) < 4.78 is 2.31. The molecule has 0 radical (unpaired) electrons. The molecule has 8 nitrogen and oxygen atoms in total. The first-order valence-corrected chi connectivity index (χ1v) is 15.1. The Balaban J connectivity index is 1.53. The van der Waals surface area contributed by atoms with Gasteiger partial charge in [0.2, 0.25) is 0 Å². The van der Waals surface area contributed by atoms with E-state index in [1.165, 1.54) is 29.0 Å². The van der Waals surface area contributed by atoms with Crippen molar-refractivity contribution in [2.45, 2.75) is 25.3 Å². The van der Waals surface area contributed by atoms with Gasteiger partial charge in [-0.05, 0) is 83.5 Å². The van der Waals surface area contributed by atoms with Gasteiger partial charge in [0.1, 0.15) is 0 Å². The number of hydrogen-bond donors (Lipinski definition) is 0. The van der Waals surface area contributed by atoms with Crippen molar-refractivity contribution in [3.8, 4) is 0 Å². The second-order valence-electron chi connectivity index (χ2n) is 11.3. The lowest BCUT2D eigenvalue weighted by molar-refractivity contribution is -0.384. The summed E-state index contributed by atoms with van der Waals surface area (Å²) in [6.07, 6.45) is 6.69. The van der Waals surface area contributed by atoms with E-state index in [0.717, 1.165) is 53.0 Å². The second kappa shape index (κ2) is 11.5. The number of nitro benzene ring substituents is 1. The molecule has 1 unspecified atom stereocenters. The fourth-order valence-electron chi connectivity index (χ4n) is 5.76. The van der Waals surface area contributed by atoms with Crippen molar-refractivity contribution < 1.29 is 4.92 Å². The molecule has 1 atom stereocenters. The molecule has 6 rings (SSSR count). The zero-order valence-corrected chi connectivity index (χ0v) is 25.5. The highest BCUT2D eigenvalue weighted by Crippen LogP contribution is 2.41. The molecule has 1 aromatic heterocycles. The zero-order chi connectivity index (χ0) is 30.2. The van der Waals surface area contributed by atoms with Crippen molar-refractivity contribution in [1.29, 1.82) is 0 Å². The van der Waals surface area contributed by atoms with Crippen LogP contribution in [0, 0.1) is 10.1 Å². The van der Waals surface area contributed by atoms with Crippen LogP contribution in [0.5, 0.6) is 0 Å². The molecule has 218 valence electrons. The number of fused-ring (bicyclic) bond motifs is 1. The molecule has 0 fully saturated rings. The molecule has 43 heavy (non-hydrogen) atoms. The number of benzene rings is 3. The van der Waals surface area contributed by atoms with E-state index in [2.05, 4.69) is 64.4 Å². The molecule has 0 saturated heterocycles. The standard InChI is InChI=1S/C34H33N5O3S/c1-36(2)26-15-11-22(12-16-26)19-25-8-6-10-29-31(25)35-34-38(32(29)24-13-17-27(18-14-24)37(3)4)33(40)30(43-34)21-23-7-5-9-28(20-23)39(41)42/h5,7,9,11-21,32H,6,8,10H2,1-4H3. The van der Waals surface area contributed by atoms with Gasteiger partial charge in [-0.15, -0.1) is 0 Å². The minimum Gasteiger partial charge on any atom is -0.378 e. The Labute approximate surface area is 254 Å². The maximum atomic E-state index is 14.0. The monoisotopic (exact) mass is 591 g/mol. The molecule has 2 aliphatic rings. The number of thiazole rings is 1. The lowest BCUT2D eigenvalue weighted by Crippen LogP contribution is -2.39. The van der Waals surface area contributed by atoms with Gasteiger partial charge in [-0.3, -0.25) is 19.5 Å². The van der Waals surface area contributed by atoms with Crippen LogP contribution in [-0.2, 0) is 0 Å². The van der Waals surface area contributed by atoms with Crippen molar-refractivity contribution in [2.75, 3.05) is 38.0 Å². The first-order chi connectivity index (χ1) is 20.7. The normalized spacial score (nSPS) is 17.3. The summed E-state index contributed by atoms with van der Waals surface area (Å²) in [6, 6.07) is 22.9. The average Bonchev–Trinajstić information content (AvgIpc) is 3.30. The molecule has 0 saturated carbocycles. The molecule has 0 spiro atoms. The Morgan fingerprint density at radius 2 is 1.58 bits per heavy atom. The second-order valence-corrected chi connectivity index (χ2v) is 12.3. The third-order valence-electron chi connectivity index (χ3n) is 7.99. The van der Waals surface area contributed by atoms with E-state index < -0.39 is 4.92 Å². The van der Waals surface area contributed by atoms with Gasteiger partial charge in [0.25, 0.3) is 11.2 Å². The molecular weight excluding hydrogens is 558 g/mol. The molecule has 0 N–H and O–H groups in total. The van der Waals surface area contributed by atoms with Gasteiger partial charge in [-0.1, -0.05) is 47.7 Å². The van der Waals surface area contributed by atoms with E-state index in [4.69, 9.17) is 4.99 Å². The SMILES string of the molecule is CN(C)c1ccc(C=C2CCCC3=C2N=c2sc(=Cc4cccc([N+](=O)[O-])c4)c(=O)n2C3c2ccc(N(C)C)cc2)cc1. The number of non-ortho nitro benzene ring substituents is 1. The van der Waals surface area contributed by atoms with Crippen LogP contribution in [0.3, 0.4) is 0 Å². The van der Waals surface area contributed by atoms with Gasteiger partial charge in [-0.25, -0.2) is 4.99 Å². The van der Waals surface area contributed by atoms with Crippen LogP contribution < -0.4 is 24.7 Å². The highest BCUT2D eigenvalue weighted by molar-refractivity contribution is 7.07. The topological polar surface area (TPSA) is 84.0 Å². The van der Waals surface area contributed by atoms with Crippen LogP contribution in [0.15, 0.2) is 99.4 Å².